The van der Waals surface area contributed by atoms with Gasteiger partial charge in [-0.3, -0.25) is 9.71 Å². The second-order valence-corrected chi connectivity index (χ2v) is 7.64. The van der Waals surface area contributed by atoms with E-state index in [1.807, 2.05) is 6.07 Å². The Balaban J connectivity index is 1.99. The third-order valence-corrected chi connectivity index (χ3v) is 5.83. The molecule has 114 valence electrons. The fourth-order valence-corrected chi connectivity index (χ4v) is 4.19. The number of pyridine rings is 1. The molecule has 0 aliphatic heterocycles. The highest BCUT2D eigenvalue weighted by Crippen LogP contribution is 2.24. The molecule has 0 saturated carbocycles. The zero-order valence-corrected chi connectivity index (χ0v) is 13.5. The molecule has 0 bridgehead atoms. The van der Waals surface area contributed by atoms with Crippen LogP contribution in [0.3, 0.4) is 0 Å². The Morgan fingerprint density at radius 2 is 1.90 bits per heavy atom. The maximum atomic E-state index is 12.3. The van der Waals surface area contributed by atoms with Gasteiger partial charge in [-0.15, -0.1) is 11.3 Å². The number of thiophene rings is 1. The molecular formula is C14H19N3O2S2. The summed E-state index contributed by atoms with van der Waals surface area (Å²) < 4.78 is 27.4. The fourth-order valence-electron chi connectivity index (χ4n) is 1.78. The Morgan fingerprint density at radius 3 is 2.62 bits per heavy atom. The fraction of sp³-hybridized carbons (Fsp3) is 0.357. The predicted molar refractivity (Wildman–Crippen MR) is 86.2 cm³/mol. The van der Waals surface area contributed by atoms with E-state index in [0.29, 0.717) is 9.90 Å². The van der Waals surface area contributed by atoms with Gasteiger partial charge in [-0.05, 0) is 50.2 Å². The van der Waals surface area contributed by atoms with Crippen LogP contribution in [0.15, 0.2) is 40.9 Å². The minimum atomic E-state index is -3.51. The summed E-state index contributed by atoms with van der Waals surface area (Å²) in [6.07, 6.45) is 5.05. The van der Waals surface area contributed by atoms with Crippen molar-refractivity contribution < 1.29 is 8.42 Å². The summed E-state index contributed by atoms with van der Waals surface area (Å²) in [5, 5.41) is 3.31. The number of hydrogen-bond acceptors (Lipinski definition) is 5. The molecular weight excluding hydrogens is 306 g/mol. The topological polar surface area (TPSA) is 71.1 Å². The van der Waals surface area contributed by atoms with Gasteiger partial charge in [-0.25, -0.2) is 8.42 Å². The summed E-state index contributed by atoms with van der Waals surface area (Å²) in [7, 11) is -3.51. The smallest absolute Gasteiger partial charge is 0.271 e. The Kier molecular flexibility index (Phi) is 5.72. The standard InChI is InChI=1S/C14H19N3O2S2/c1-2-8-15-11-7-13-3-4-14(20-13)21(18,19)17-12-5-9-16-10-6-12/h3-6,9-10,15H,2,7-8,11H2,1H3,(H,16,17). The molecule has 2 N–H and O–H groups in total. The van der Waals surface area contributed by atoms with Crippen LogP contribution in [0.4, 0.5) is 5.69 Å². The van der Waals surface area contributed by atoms with Gasteiger partial charge in [0.05, 0.1) is 5.69 Å². The molecule has 0 fully saturated rings. The first kappa shape index (κ1) is 15.9. The number of anilines is 1. The lowest BCUT2D eigenvalue weighted by Gasteiger charge is -2.05. The summed E-state index contributed by atoms with van der Waals surface area (Å²) in [6, 6.07) is 6.78. The van der Waals surface area contributed by atoms with Crippen molar-refractivity contribution >= 4 is 27.0 Å². The number of aromatic nitrogens is 1. The number of nitrogens with one attached hydrogen (secondary N) is 2. The second-order valence-electron chi connectivity index (χ2n) is 4.56. The molecule has 5 nitrogen and oxygen atoms in total. The van der Waals surface area contributed by atoms with E-state index >= 15 is 0 Å². The molecule has 2 aromatic heterocycles. The van der Waals surface area contributed by atoms with Crippen LogP contribution in [0.5, 0.6) is 0 Å². The molecule has 7 heteroatoms. The molecule has 2 heterocycles. The summed E-state index contributed by atoms with van der Waals surface area (Å²) in [5.41, 5.74) is 0.518. The first-order valence-corrected chi connectivity index (χ1v) is 9.14. The number of rotatable bonds is 8. The van der Waals surface area contributed by atoms with Crippen molar-refractivity contribution in [3.63, 3.8) is 0 Å². The molecule has 0 radical (unpaired) electrons. The van der Waals surface area contributed by atoms with Gasteiger partial charge in [-0.2, -0.15) is 0 Å². The number of hydrogen-bond donors (Lipinski definition) is 2. The van der Waals surface area contributed by atoms with Gasteiger partial charge in [0, 0.05) is 17.3 Å². The van der Waals surface area contributed by atoms with Crippen LogP contribution in [0.1, 0.15) is 18.2 Å². The minimum Gasteiger partial charge on any atom is -0.316 e. The number of sulfonamides is 1. The van der Waals surface area contributed by atoms with Gasteiger partial charge in [-0.1, -0.05) is 6.92 Å². The molecule has 0 spiro atoms. The summed E-state index contributed by atoms with van der Waals surface area (Å²) in [6.45, 7) is 3.97. The summed E-state index contributed by atoms with van der Waals surface area (Å²) in [4.78, 5) is 4.93. The highest BCUT2D eigenvalue weighted by Gasteiger charge is 2.16. The normalized spacial score (nSPS) is 11.5. The summed E-state index contributed by atoms with van der Waals surface area (Å²) in [5.74, 6) is 0. The molecule has 0 aliphatic carbocycles. The maximum Gasteiger partial charge on any atom is 0.271 e. The van der Waals surface area contributed by atoms with Gasteiger partial charge in [0.2, 0.25) is 0 Å². The van der Waals surface area contributed by atoms with Gasteiger partial charge < -0.3 is 5.32 Å². The zero-order valence-electron chi connectivity index (χ0n) is 11.9. The predicted octanol–water partition coefficient (Wildman–Crippen LogP) is 2.49. The highest BCUT2D eigenvalue weighted by molar-refractivity contribution is 7.94. The number of nitrogens with zero attached hydrogens (tertiary/aromatic N) is 1. The van der Waals surface area contributed by atoms with E-state index in [9.17, 15) is 8.42 Å². The average molecular weight is 325 g/mol. The first-order valence-electron chi connectivity index (χ1n) is 6.84. The Hall–Kier alpha value is -1.44. The summed E-state index contributed by atoms with van der Waals surface area (Å²) >= 11 is 1.31. The van der Waals surface area contributed by atoms with Gasteiger partial charge in [0.1, 0.15) is 4.21 Å². The molecule has 0 unspecified atom stereocenters. The van der Waals surface area contributed by atoms with E-state index in [1.54, 1.807) is 30.6 Å². The van der Waals surface area contributed by atoms with Crippen LogP contribution in [-0.2, 0) is 16.4 Å². The van der Waals surface area contributed by atoms with Crippen LogP contribution in [0.2, 0.25) is 0 Å². The van der Waals surface area contributed by atoms with Crippen LogP contribution >= 0.6 is 11.3 Å². The first-order chi connectivity index (χ1) is 10.1. The van der Waals surface area contributed by atoms with Gasteiger partial charge >= 0.3 is 0 Å². The molecule has 0 aliphatic rings. The molecule has 21 heavy (non-hydrogen) atoms. The molecule has 0 aromatic carbocycles. The Labute approximate surface area is 129 Å². The lowest BCUT2D eigenvalue weighted by Crippen LogP contribution is -2.17. The van der Waals surface area contributed by atoms with E-state index in [-0.39, 0.29) is 0 Å². The molecule has 0 atom stereocenters. The van der Waals surface area contributed by atoms with Gasteiger partial charge in [0.15, 0.2) is 0 Å². The van der Waals surface area contributed by atoms with Crippen LogP contribution in [0.25, 0.3) is 0 Å². The van der Waals surface area contributed by atoms with E-state index in [2.05, 4.69) is 21.9 Å². The van der Waals surface area contributed by atoms with Crippen LogP contribution in [-0.4, -0.2) is 26.5 Å². The Morgan fingerprint density at radius 1 is 1.14 bits per heavy atom. The van der Waals surface area contributed by atoms with Crippen molar-refractivity contribution in [2.75, 3.05) is 17.8 Å². The van der Waals surface area contributed by atoms with E-state index < -0.39 is 10.0 Å². The van der Waals surface area contributed by atoms with Crippen molar-refractivity contribution in [2.45, 2.75) is 24.0 Å². The van der Waals surface area contributed by atoms with Crippen molar-refractivity contribution in [3.05, 3.63) is 41.5 Å². The minimum absolute atomic E-state index is 0.338. The maximum absolute atomic E-state index is 12.3. The monoisotopic (exact) mass is 325 g/mol. The van der Waals surface area contributed by atoms with Crippen molar-refractivity contribution in [2.24, 2.45) is 0 Å². The van der Waals surface area contributed by atoms with Crippen LogP contribution in [0, 0.1) is 0 Å². The molecule has 0 amide bonds. The van der Waals surface area contributed by atoms with E-state index in [1.165, 1.54) is 11.3 Å². The van der Waals surface area contributed by atoms with Gasteiger partial charge in [0.25, 0.3) is 10.0 Å². The van der Waals surface area contributed by atoms with E-state index in [4.69, 9.17) is 0 Å². The molecule has 2 rings (SSSR count). The Bertz CT molecular complexity index is 654. The van der Waals surface area contributed by atoms with E-state index in [0.717, 1.165) is 30.8 Å². The second kappa shape index (κ2) is 7.53. The lowest BCUT2D eigenvalue weighted by atomic mass is 10.3. The molecule has 0 saturated heterocycles. The zero-order chi connectivity index (χ0) is 15.1. The van der Waals surface area contributed by atoms with Crippen molar-refractivity contribution in [1.29, 1.82) is 0 Å². The third kappa shape index (κ3) is 4.80. The highest BCUT2D eigenvalue weighted by atomic mass is 32.2. The SMILES string of the molecule is CCCNCCc1ccc(S(=O)(=O)Nc2ccncc2)s1. The van der Waals surface area contributed by atoms with Crippen molar-refractivity contribution in [1.82, 2.24) is 10.3 Å². The third-order valence-electron chi connectivity index (χ3n) is 2.81. The quantitative estimate of drug-likeness (QED) is 0.732. The molecule has 2 aromatic rings. The largest absolute Gasteiger partial charge is 0.316 e. The lowest BCUT2D eigenvalue weighted by molar-refractivity contribution is 0.603. The van der Waals surface area contributed by atoms with Crippen molar-refractivity contribution in [3.8, 4) is 0 Å². The average Bonchev–Trinajstić information content (AvgIpc) is 2.94. The van der Waals surface area contributed by atoms with Crippen LogP contribution < -0.4 is 10.0 Å².